The molecule has 2 nitrogen and oxygen atoms in total. The monoisotopic (exact) mass is 255 g/mol. The Morgan fingerprint density at radius 1 is 1.00 bits per heavy atom. The zero-order chi connectivity index (χ0) is 13.1. The predicted molar refractivity (Wildman–Crippen MR) is 78.9 cm³/mol. The van der Waals surface area contributed by atoms with Crippen molar-refractivity contribution in [1.82, 2.24) is 4.90 Å². The summed E-state index contributed by atoms with van der Waals surface area (Å²) >= 11 is 0. The maximum Gasteiger partial charge on any atom is 0.0434 e. The molecule has 0 spiro atoms. The molecule has 0 aromatic carbocycles. The lowest BCUT2D eigenvalue weighted by Gasteiger charge is -2.15. The van der Waals surface area contributed by atoms with E-state index < -0.39 is 0 Å². The fourth-order valence-corrected chi connectivity index (χ4v) is 3.00. The van der Waals surface area contributed by atoms with Gasteiger partial charge in [0.25, 0.3) is 0 Å². The van der Waals surface area contributed by atoms with Crippen LogP contribution in [0.4, 0.5) is 0 Å². The van der Waals surface area contributed by atoms with Gasteiger partial charge in [-0.3, -0.25) is 0 Å². The van der Waals surface area contributed by atoms with Crippen molar-refractivity contribution in [1.29, 1.82) is 0 Å². The Morgan fingerprint density at radius 2 is 1.67 bits per heavy atom. The third-order valence-electron chi connectivity index (χ3n) is 4.24. The quantitative estimate of drug-likeness (QED) is 0.567. The lowest BCUT2D eigenvalue weighted by Crippen LogP contribution is -2.22. The molecule has 0 bridgehead atoms. The van der Waals surface area contributed by atoms with Crippen LogP contribution in [0.3, 0.4) is 0 Å². The minimum Gasteiger partial charge on any atom is -0.396 e. The van der Waals surface area contributed by atoms with E-state index in [1.54, 1.807) is 0 Å². The first-order valence-corrected chi connectivity index (χ1v) is 8.20. The molecule has 0 aromatic heterocycles. The van der Waals surface area contributed by atoms with Gasteiger partial charge in [0, 0.05) is 13.2 Å². The molecule has 18 heavy (non-hydrogen) atoms. The second-order valence-electron chi connectivity index (χ2n) is 5.94. The number of rotatable bonds is 11. The fourth-order valence-electron chi connectivity index (χ4n) is 3.00. The second-order valence-corrected chi connectivity index (χ2v) is 5.94. The first kappa shape index (κ1) is 16.0. The molecule has 1 aliphatic rings. The van der Waals surface area contributed by atoms with Gasteiger partial charge in [-0.15, -0.1) is 0 Å². The van der Waals surface area contributed by atoms with Crippen LogP contribution in [0.1, 0.15) is 71.1 Å². The van der Waals surface area contributed by atoms with E-state index in [0.29, 0.717) is 6.61 Å². The van der Waals surface area contributed by atoms with E-state index in [1.807, 2.05) is 0 Å². The van der Waals surface area contributed by atoms with Crippen LogP contribution in [-0.2, 0) is 0 Å². The normalized spacial score (nSPS) is 20.7. The molecule has 0 aromatic rings. The van der Waals surface area contributed by atoms with E-state index >= 15 is 0 Å². The third kappa shape index (κ3) is 7.38. The molecular formula is C16H33NO. The number of unbranched alkanes of at least 4 members (excludes halogenated alkanes) is 7. The number of nitrogens with zero attached hydrogens (tertiary/aromatic N) is 1. The summed E-state index contributed by atoms with van der Waals surface area (Å²) in [6.07, 6.45) is 13.6. The van der Waals surface area contributed by atoms with Crippen LogP contribution in [0.5, 0.6) is 0 Å². The summed E-state index contributed by atoms with van der Waals surface area (Å²) in [4.78, 5) is 2.59. The highest BCUT2D eigenvalue weighted by molar-refractivity contribution is 4.75. The highest BCUT2D eigenvalue weighted by Gasteiger charge is 2.20. The number of hydrogen-bond acceptors (Lipinski definition) is 2. The zero-order valence-electron chi connectivity index (χ0n) is 12.4. The molecule has 0 aliphatic carbocycles. The molecule has 1 atom stereocenters. The van der Waals surface area contributed by atoms with Crippen molar-refractivity contribution >= 4 is 0 Å². The second kappa shape index (κ2) is 10.8. The maximum atomic E-state index is 8.93. The van der Waals surface area contributed by atoms with Crippen LogP contribution in [-0.4, -0.2) is 36.2 Å². The molecule has 0 saturated carbocycles. The molecule has 1 heterocycles. The molecule has 0 amide bonds. The van der Waals surface area contributed by atoms with Crippen molar-refractivity contribution in [3.63, 3.8) is 0 Å². The molecule has 1 saturated heterocycles. The van der Waals surface area contributed by atoms with Gasteiger partial charge in [0.05, 0.1) is 0 Å². The van der Waals surface area contributed by atoms with Gasteiger partial charge in [-0.05, 0) is 38.3 Å². The molecule has 1 unspecified atom stereocenters. The van der Waals surface area contributed by atoms with Crippen LogP contribution < -0.4 is 0 Å². The van der Waals surface area contributed by atoms with Crippen molar-refractivity contribution in [3.8, 4) is 0 Å². The maximum absolute atomic E-state index is 8.93. The number of hydrogen-bond donors (Lipinski definition) is 1. The zero-order valence-corrected chi connectivity index (χ0v) is 12.4. The molecular weight excluding hydrogens is 222 g/mol. The van der Waals surface area contributed by atoms with Crippen molar-refractivity contribution in [2.45, 2.75) is 71.1 Å². The molecule has 1 aliphatic heterocycles. The Labute approximate surface area is 114 Å². The van der Waals surface area contributed by atoms with E-state index in [1.165, 1.54) is 77.4 Å². The largest absolute Gasteiger partial charge is 0.396 e. The van der Waals surface area contributed by atoms with Crippen molar-refractivity contribution in [3.05, 3.63) is 0 Å². The average molecular weight is 255 g/mol. The highest BCUT2D eigenvalue weighted by Crippen LogP contribution is 2.19. The van der Waals surface area contributed by atoms with Crippen LogP contribution in [0.15, 0.2) is 0 Å². The van der Waals surface area contributed by atoms with Gasteiger partial charge >= 0.3 is 0 Å². The van der Waals surface area contributed by atoms with Gasteiger partial charge in [0.2, 0.25) is 0 Å². The third-order valence-corrected chi connectivity index (χ3v) is 4.24. The van der Waals surface area contributed by atoms with Crippen LogP contribution in [0.25, 0.3) is 0 Å². The summed E-state index contributed by atoms with van der Waals surface area (Å²) in [5.74, 6) is 0.768. The lowest BCUT2D eigenvalue weighted by molar-refractivity contribution is 0.250. The van der Waals surface area contributed by atoms with Gasteiger partial charge in [-0.1, -0.05) is 51.9 Å². The summed E-state index contributed by atoms with van der Waals surface area (Å²) < 4.78 is 0. The van der Waals surface area contributed by atoms with Gasteiger partial charge < -0.3 is 10.0 Å². The summed E-state index contributed by atoms with van der Waals surface area (Å²) in [5, 5.41) is 8.93. The predicted octanol–water partition coefficient (Wildman–Crippen LogP) is 3.83. The van der Waals surface area contributed by atoms with Crippen molar-refractivity contribution in [2.75, 3.05) is 26.2 Å². The van der Waals surface area contributed by atoms with Gasteiger partial charge in [0.1, 0.15) is 0 Å². The highest BCUT2D eigenvalue weighted by atomic mass is 16.3. The van der Waals surface area contributed by atoms with Crippen molar-refractivity contribution < 1.29 is 5.11 Å². The standard InChI is InChI=1S/C16H33NO/c1-2-3-4-5-6-7-8-9-12-17-13-10-16(15-17)11-14-18/h16,18H,2-15H2,1H3. The number of likely N-dealkylation sites (tertiary alicyclic amines) is 1. The Bertz CT molecular complexity index is 184. The Morgan fingerprint density at radius 3 is 2.33 bits per heavy atom. The summed E-state index contributed by atoms with van der Waals surface area (Å²) in [5.41, 5.74) is 0. The summed E-state index contributed by atoms with van der Waals surface area (Å²) in [6.45, 7) is 6.44. The summed E-state index contributed by atoms with van der Waals surface area (Å²) in [6, 6.07) is 0. The summed E-state index contributed by atoms with van der Waals surface area (Å²) in [7, 11) is 0. The SMILES string of the molecule is CCCCCCCCCCN1CCC(CCO)C1. The van der Waals surface area contributed by atoms with E-state index in [0.717, 1.165) is 12.3 Å². The van der Waals surface area contributed by atoms with Crippen LogP contribution in [0.2, 0.25) is 0 Å². The molecule has 0 radical (unpaired) electrons. The molecule has 108 valence electrons. The number of aliphatic hydroxyl groups excluding tert-OH is 1. The van der Waals surface area contributed by atoms with Crippen LogP contribution >= 0.6 is 0 Å². The van der Waals surface area contributed by atoms with Gasteiger partial charge in [-0.25, -0.2) is 0 Å². The van der Waals surface area contributed by atoms with Crippen molar-refractivity contribution in [2.24, 2.45) is 5.92 Å². The molecule has 1 N–H and O–H groups in total. The van der Waals surface area contributed by atoms with E-state index in [-0.39, 0.29) is 0 Å². The van der Waals surface area contributed by atoms with E-state index in [2.05, 4.69) is 11.8 Å². The molecule has 1 rings (SSSR count). The van der Waals surface area contributed by atoms with Gasteiger partial charge in [0.15, 0.2) is 0 Å². The van der Waals surface area contributed by atoms with E-state index in [4.69, 9.17) is 5.11 Å². The smallest absolute Gasteiger partial charge is 0.0434 e. The number of aliphatic hydroxyl groups is 1. The lowest BCUT2D eigenvalue weighted by atomic mass is 10.1. The topological polar surface area (TPSA) is 23.5 Å². The van der Waals surface area contributed by atoms with Gasteiger partial charge in [-0.2, -0.15) is 0 Å². The Balaban J connectivity index is 1.84. The fraction of sp³-hybridized carbons (Fsp3) is 1.00. The average Bonchev–Trinajstić information content (AvgIpc) is 2.81. The van der Waals surface area contributed by atoms with E-state index in [9.17, 15) is 0 Å². The molecule has 2 heteroatoms. The first-order valence-electron chi connectivity index (χ1n) is 8.20. The first-order chi connectivity index (χ1) is 8.86. The molecule has 1 fully saturated rings. The minimum absolute atomic E-state index is 0.371. The Kier molecular flexibility index (Phi) is 9.59. The van der Waals surface area contributed by atoms with Crippen LogP contribution in [0, 0.1) is 5.92 Å². The minimum atomic E-state index is 0.371. The Hall–Kier alpha value is -0.0800.